The third kappa shape index (κ3) is 2.63. The highest BCUT2D eigenvalue weighted by Gasteiger charge is 2.05. The zero-order chi connectivity index (χ0) is 10.5. The van der Waals surface area contributed by atoms with Crippen molar-refractivity contribution in [3.8, 4) is 0 Å². The van der Waals surface area contributed by atoms with Crippen LogP contribution in [0.3, 0.4) is 0 Å². The number of aromatic amines is 1. The lowest BCUT2D eigenvalue weighted by Gasteiger charge is -1.98. The molecule has 2 N–H and O–H groups in total. The van der Waals surface area contributed by atoms with Gasteiger partial charge in [-0.15, -0.1) is 5.10 Å². The number of hydrogen-bond donors (Lipinski definition) is 2. The summed E-state index contributed by atoms with van der Waals surface area (Å²) in [5, 5.41) is 15.9. The van der Waals surface area contributed by atoms with E-state index >= 15 is 0 Å². The first-order valence-corrected chi connectivity index (χ1v) is 4.39. The number of nitrogens with zero attached hydrogens (tertiary/aromatic N) is 3. The average molecular weight is 207 g/mol. The van der Waals surface area contributed by atoms with Crippen molar-refractivity contribution in [2.45, 2.75) is 12.8 Å². The highest BCUT2D eigenvalue weighted by atomic mass is 16.5. The second kappa shape index (κ2) is 4.36. The molecule has 0 radical (unpaired) electrons. The maximum Gasteiger partial charge on any atom is 0.226 e. The minimum absolute atomic E-state index is 0.132. The number of carbonyl (C=O) groups excluding carboxylic acids is 1. The van der Waals surface area contributed by atoms with Gasteiger partial charge in [-0.2, -0.15) is 10.3 Å². The zero-order valence-corrected chi connectivity index (χ0v) is 7.80. The normalized spacial score (nSPS) is 10.1. The molecule has 2 heterocycles. The minimum atomic E-state index is -0.132. The molecule has 15 heavy (non-hydrogen) atoms. The van der Waals surface area contributed by atoms with Gasteiger partial charge in [0.05, 0.1) is 11.9 Å². The molecule has 7 nitrogen and oxygen atoms in total. The van der Waals surface area contributed by atoms with Crippen LogP contribution in [0.5, 0.6) is 0 Å². The van der Waals surface area contributed by atoms with Gasteiger partial charge >= 0.3 is 0 Å². The van der Waals surface area contributed by atoms with E-state index in [2.05, 4.69) is 30.4 Å². The van der Waals surface area contributed by atoms with Gasteiger partial charge in [-0.05, 0) is 0 Å². The van der Waals surface area contributed by atoms with Crippen LogP contribution in [0.1, 0.15) is 12.1 Å². The van der Waals surface area contributed by atoms with Crippen molar-refractivity contribution in [1.82, 2.24) is 20.6 Å². The fourth-order valence-electron chi connectivity index (χ4n) is 1.08. The molecule has 0 spiro atoms. The number of amides is 1. The molecule has 0 unspecified atom stereocenters. The quantitative estimate of drug-likeness (QED) is 0.754. The summed E-state index contributed by atoms with van der Waals surface area (Å²) in [6.07, 6.45) is 3.79. The second-order valence-corrected chi connectivity index (χ2v) is 2.89. The molecule has 0 aromatic carbocycles. The summed E-state index contributed by atoms with van der Waals surface area (Å²) >= 11 is 0. The van der Waals surface area contributed by atoms with Gasteiger partial charge in [-0.3, -0.25) is 4.79 Å². The van der Waals surface area contributed by atoms with Crippen LogP contribution in [0.2, 0.25) is 0 Å². The Labute approximate surface area is 84.8 Å². The summed E-state index contributed by atoms with van der Waals surface area (Å²) < 4.78 is 4.64. The largest absolute Gasteiger partial charge is 0.365 e. The van der Waals surface area contributed by atoms with Crippen molar-refractivity contribution in [3.63, 3.8) is 0 Å². The van der Waals surface area contributed by atoms with Crippen LogP contribution in [0.4, 0.5) is 5.82 Å². The highest BCUT2D eigenvalue weighted by molar-refractivity contribution is 5.89. The standard InChI is InChI=1S/C8H9N5O2/c14-8(10-7-5-9-13-11-7)2-1-6-3-4-15-12-6/h3-5H,1-2H2,(H2,9,10,11,13,14). The molecule has 78 valence electrons. The van der Waals surface area contributed by atoms with Crippen LogP contribution >= 0.6 is 0 Å². The molecule has 0 aliphatic heterocycles. The Bertz CT molecular complexity index is 408. The Hall–Kier alpha value is -2.18. The molecule has 0 saturated heterocycles. The van der Waals surface area contributed by atoms with Gasteiger partial charge in [-0.1, -0.05) is 5.16 Å². The van der Waals surface area contributed by atoms with Crippen LogP contribution in [0.25, 0.3) is 0 Å². The molecule has 0 saturated carbocycles. The predicted octanol–water partition coefficient (Wildman–Crippen LogP) is 0.364. The number of carbonyl (C=O) groups is 1. The first-order chi connectivity index (χ1) is 7.34. The Kier molecular flexibility index (Phi) is 2.72. The zero-order valence-electron chi connectivity index (χ0n) is 7.80. The molecular weight excluding hydrogens is 198 g/mol. The van der Waals surface area contributed by atoms with E-state index in [1.54, 1.807) is 6.07 Å². The predicted molar refractivity (Wildman–Crippen MR) is 49.8 cm³/mol. The summed E-state index contributed by atoms with van der Waals surface area (Å²) in [6.45, 7) is 0. The van der Waals surface area contributed by atoms with Gasteiger partial charge < -0.3 is 9.84 Å². The minimum Gasteiger partial charge on any atom is -0.365 e. The fraction of sp³-hybridized carbons (Fsp3) is 0.250. The van der Waals surface area contributed by atoms with Crippen molar-refractivity contribution in [2.24, 2.45) is 0 Å². The molecule has 0 atom stereocenters. The number of aryl methyl sites for hydroxylation is 1. The van der Waals surface area contributed by atoms with E-state index in [-0.39, 0.29) is 5.91 Å². The number of aromatic nitrogens is 4. The van der Waals surface area contributed by atoms with Crippen LogP contribution < -0.4 is 5.32 Å². The van der Waals surface area contributed by atoms with Crippen molar-refractivity contribution in [1.29, 1.82) is 0 Å². The topological polar surface area (TPSA) is 96.7 Å². The van der Waals surface area contributed by atoms with Crippen LogP contribution in [-0.2, 0) is 11.2 Å². The summed E-state index contributed by atoms with van der Waals surface area (Å²) in [4.78, 5) is 11.4. The first-order valence-electron chi connectivity index (χ1n) is 4.39. The first kappa shape index (κ1) is 9.38. The van der Waals surface area contributed by atoms with Gasteiger partial charge in [0.1, 0.15) is 6.26 Å². The number of anilines is 1. The lowest BCUT2D eigenvalue weighted by atomic mass is 10.2. The molecule has 0 aliphatic carbocycles. The number of hydrogen-bond acceptors (Lipinski definition) is 5. The van der Waals surface area contributed by atoms with Gasteiger partial charge in [0.25, 0.3) is 0 Å². The van der Waals surface area contributed by atoms with Crippen LogP contribution in [0, 0.1) is 0 Å². The molecule has 0 bridgehead atoms. The number of H-pyrrole nitrogens is 1. The molecule has 2 aromatic heterocycles. The number of rotatable bonds is 4. The van der Waals surface area contributed by atoms with Crippen LogP contribution in [-0.4, -0.2) is 26.5 Å². The van der Waals surface area contributed by atoms with E-state index < -0.39 is 0 Å². The van der Waals surface area contributed by atoms with Crippen molar-refractivity contribution >= 4 is 11.7 Å². The van der Waals surface area contributed by atoms with Crippen molar-refractivity contribution in [3.05, 3.63) is 24.2 Å². The number of nitrogens with one attached hydrogen (secondary N) is 2. The molecule has 2 aromatic rings. The van der Waals surface area contributed by atoms with E-state index in [9.17, 15) is 4.79 Å². The van der Waals surface area contributed by atoms with E-state index in [1.807, 2.05) is 0 Å². The Balaban J connectivity index is 1.78. The van der Waals surface area contributed by atoms with Crippen molar-refractivity contribution in [2.75, 3.05) is 5.32 Å². The highest BCUT2D eigenvalue weighted by Crippen LogP contribution is 2.02. The summed E-state index contributed by atoms with van der Waals surface area (Å²) in [5.74, 6) is 0.284. The molecule has 0 fully saturated rings. The van der Waals surface area contributed by atoms with E-state index in [1.165, 1.54) is 12.5 Å². The van der Waals surface area contributed by atoms with E-state index in [4.69, 9.17) is 0 Å². The second-order valence-electron chi connectivity index (χ2n) is 2.89. The van der Waals surface area contributed by atoms with Crippen LogP contribution in [0.15, 0.2) is 23.0 Å². The Morgan fingerprint density at radius 3 is 3.20 bits per heavy atom. The van der Waals surface area contributed by atoms with Gasteiger partial charge in [0.15, 0.2) is 5.82 Å². The van der Waals surface area contributed by atoms with E-state index in [0.29, 0.717) is 18.7 Å². The molecular formula is C8H9N5O2. The average Bonchev–Trinajstić information content (AvgIpc) is 2.86. The summed E-state index contributed by atoms with van der Waals surface area (Å²) in [6, 6.07) is 1.73. The van der Waals surface area contributed by atoms with Crippen molar-refractivity contribution < 1.29 is 9.32 Å². The molecule has 7 heteroatoms. The molecule has 2 rings (SSSR count). The fourth-order valence-corrected chi connectivity index (χ4v) is 1.08. The Morgan fingerprint density at radius 1 is 1.60 bits per heavy atom. The van der Waals surface area contributed by atoms with E-state index in [0.717, 1.165) is 5.69 Å². The lowest BCUT2D eigenvalue weighted by Crippen LogP contribution is -2.12. The lowest BCUT2D eigenvalue weighted by molar-refractivity contribution is -0.116. The maximum atomic E-state index is 11.4. The molecule has 0 aliphatic rings. The molecule has 1 amide bonds. The monoisotopic (exact) mass is 207 g/mol. The smallest absolute Gasteiger partial charge is 0.226 e. The Morgan fingerprint density at radius 2 is 2.53 bits per heavy atom. The van der Waals surface area contributed by atoms with Gasteiger partial charge in [-0.25, -0.2) is 0 Å². The van der Waals surface area contributed by atoms with Gasteiger partial charge in [0.2, 0.25) is 5.91 Å². The SMILES string of the molecule is O=C(CCc1ccon1)Nc1cn[nH]n1. The third-order valence-corrected chi connectivity index (χ3v) is 1.78. The summed E-state index contributed by atoms with van der Waals surface area (Å²) in [5.41, 5.74) is 0.755. The summed E-state index contributed by atoms with van der Waals surface area (Å²) in [7, 11) is 0. The van der Waals surface area contributed by atoms with Gasteiger partial charge in [0, 0.05) is 18.9 Å². The third-order valence-electron chi connectivity index (χ3n) is 1.78. The maximum absolute atomic E-state index is 11.4.